The van der Waals surface area contributed by atoms with E-state index in [2.05, 4.69) is 4.90 Å². The Balaban J connectivity index is 1.42. The Hall–Kier alpha value is -2.14. The normalized spacial score (nSPS) is 22.8. The fourth-order valence-corrected chi connectivity index (χ4v) is 5.00. The maximum atomic E-state index is 12.9. The first-order valence-electron chi connectivity index (χ1n) is 9.38. The minimum atomic E-state index is 0.138. The molecule has 3 heterocycles. The van der Waals surface area contributed by atoms with Gasteiger partial charge in [-0.25, -0.2) is 0 Å². The zero-order valence-corrected chi connectivity index (χ0v) is 15.7. The van der Waals surface area contributed by atoms with E-state index in [0.717, 1.165) is 49.3 Å². The highest BCUT2D eigenvalue weighted by Gasteiger charge is 2.39. The Kier molecular flexibility index (Phi) is 5.07. The van der Waals surface area contributed by atoms with Crippen LogP contribution in [0.2, 0.25) is 0 Å². The lowest BCUT2D eigenvalue weighted by Crippen LogP contribution is -2.56. The quantitative estimate of drug-likeness (QED) is 0.833. The molecular formula is C21H24N2O2S. The SMILES string of the molecule is O=C(Cc1cccs1)N1CC[C@H]2[C@H](CCCN2C(=O)c2ccccc2)C1. The molecule has 1 aromatic heterocycles. The van der Waals surface area contributed by atoms with Crippen LogP contribution in [-0.2, 0) is 11.2 Å². The standard InChI is InChI=1S/C21H24N2O2S/c24-20(14-18-9-5-13-26-18)22-12-10-19-17(15-22)8-4-11-23(19)21(25)16-6-2-1-3-7-16/h1-3,5-7,9,13,17,19H,4,8,10-12,14-15H2/t17-,19+/m1/s1. The van der Waals surface area contributed by atoms with Crippen molar-refractivity contribution in [3.63, 3.8) is 0 Å². The fourth-order valence-electron chi connectivity index (χ4n) is 4.30. The molecule has 26 heavy (non-hydrogen) atoms. The van der Waals surface area contributed by atoms with E-state index < -0.39 is 0 Å². The van der Waals surface area contributed by atoms with Crippen molar-refractivity contribution in [2.45, 2.75) is 31.7 Å². The summed E-state index contributed by atoms with van der Waals surface area (Å²) in [6.07, 6.45) is 3.51. The van der Waals surface area contributed by atoms with Crippen LogP contribution in [0.3, 0.4) is 0 Å². The molecule has 1 aromatic carbocycles. The van der Waals surface area contributed by atoms with Crippen LogP contribution in [0.15, 0.2) is 47.8 Å². The molecule has 4 nitrogen and oxygen atoms in total. The van der Waals surface area contributed by atoms with Crippen LogP contribution in [0.4, 0.5) is 0 Å². The number of fused-ring (bicyclic) bond motifs is 1. The van der Waals surface area contributed by atoms with Crippen molar-refractivity contribution in [1.82, 2.24) is 9.80 Å². The van der Waals surface area contributed by atoms with E-state index in [1.807, 2.05) is 52.7 Å². The molecule has 0 saturated carbocycles. The third kappa shape index (κ3) is 3.54. The average Bonchev–Trinajstić information content (AvgIpc) is 3.20. The van der Waals surface area contributed by atoms with Gasteiger partial charge in [0, 0.05) is 36.1 Å². The molecule has 0 unspecified atom stereocenters. The zero-order valence-electron chi connectivity index (χ0n) is 14.8. The molecule has 136 valence electrons. The predicted molar refractivity (Wildman–Crippen MR) is 103 cm³/mol. The van der Waals surface area contributed by atoms with Gasteiger partial charge in [-0.05, 0) is 48.8 Å². The summed E-state index contributed by atoms with van der Waals surface area (Å²) in [5.74, 6) is 0.758. The Morgan fingerprint density at radius 2 is 1.88 bits per heavy atom. The van der Waals surface area contributed by atoms with Gasteiger partial charge in [-0.1, -0.05) is 24.3 Å². The van der Waals surface area contributed by atoms with Crippen molar-refractivity contribution in [2.75, 3.05) is 19.6 Å². The van der Waals surface area contributed by atoms with Gasteiger partial charge in [-0.2, -0.15) is 0 Å². The van der Waals surface area contributed by atoms with E-state index in [1.165, 1.54) is 0 Å². The van der Waals surface area contributed by atoms with Gasteiger partial charge in [0.15, 0.2) is 0 Å². The van der Waals surface area contributed by atoms with E-state index >= 15 is 0 Å². The minimum absolute atomic E-state index is 0.138. The first-order valence-corrected chi connectivity index (χ1v) is 10.3. The number of hydrogen-bond acceptors (Lipinski definition) is 3. The summed E-state index contributed by atoms with van der Waals surface area (Å²) in [6.45, 7) is 2.37. The Bertz CT molecular complexity index is 760. The van der Waals surface area contributed by atoms with E-state index in [1.54, 1.807) is 11.3 Å². The highest BCUT2D eigenvalue weighted by molar-refractivity contribution is 7.10. The van der Waals surface area contributed by atoms with Crippen LogP contribution in [0.1, 0.15) is 34.5 Å². The Morgan fingerprint density at radius 3 is 2.65 bits per heavy atom. The summed E-state index contributed by atoms with van der Waals surface area (Å²) in [6, 6.07) is 13.8. The van der Waals surface area contributed by atoms with Crippen LogP contribution in [0, 0.1) is 5.92 Å². The number of benzene rings is 1. The second-order valence-corrected chi connectivity index (χ2v) is 8.25. The van der Waals surface area contributed by atoms with E-state index in [9.17, 15) is 9.59 Å². The molecule has 4 rings (SSSR count). The number of amides is 2. The summed E-state index contributed by atoms with van der Waals surface area (Å²) in [5, 5.41) is 2.02. The monoisotopic (exact) mass is 368 g/mol. The number of carbonyl (C=O) groups is 2. The summed E-state index contributed by atoms with van der Waals surface area (Å²) < 4.78 is 0. The molecule has 0 radical (unpaired) electrons. The maximum absolute atomic E-state index is 12.9. The molecule has 2 aliphatic heterocycles. The second kappa shape index (κ2) is 7.62. The van der Waals surface area contributed by atoms with Gasteiger partial charge >= 0.3 is 0 Å². The highest BCUT2D eigenvalue weighted by Crippen LogP contribution is 2.32. The van der Waals surface area contributed by atoms with E-state index in [0.29, 0.717) is 12.3 Å². The average molecular weight is 369 g/mol. The molecule has 0 spiro atoms. The molecule has 2 saturated heterocycles. The smallest absolute Gasteiger partial charge is 0.254 e. The van der Waals surface area contributed by atoms with Crippen LogP contribution < -0.4 is 0 Å². The Morgan fingerprint density at radius 1 is 1.04 bits per heavy atom. The first kappa shape index (κ1) is 17.3. The maximum Gasteiger partial charge on any atom is 0.254 e. The van der Waals surface area contributed by atoms with Crippen molar-refractivity contribution in [2.24, 2.45) is 5.92 Å². The molecule has 0 aliphatic carbocycles. The summed E-state index contributed by atoms with van der Waals surface area (Å²) in [7, 11) is 0. The molecular weight excluding hydrogens is 344 g/mol. The van der Waals surface area contributed by atoms with Crippen molar-refractivity contribution < 1.29 is 9.59 Å². The van der Waals surface area contributed by atoms with Gasteiger partial charge in [0.05, 0.1) is 6.42 Å². The third-order valence-electron chi connectivity index (χ3n) is 5.61. The largest absolute Gasteiger partial charge is 0.342 e. The van der Waals surface area contributed by atoms with Crippen LogP contribution in [0.25, 0.3) is 0 Å². The van der Waals surface area contributed by atoms with Crippen molar-refractivity contribution in [1.29, 1.82) is 0 Å². The van der Waals surface area contributed by atoms with Crippen LogP contribution in [0.5, 0.6) is 0 Å². The summed E-state index contributed by atoms with van der Waals surface area (Å²) >= 11 is 1.64. The lowest BCUT2D eigenvalue weighted by atomic mass is 9.83. The lowest BCUT2D eigenvalue weighted by Gasteiger charge is -2.47. The van der Waals surface area contributed by atoms with Crippen molar-refractivity contribution in [3.8, 4) is 0 Å². The molecule has 0 N–H and O–H groups in total. The molecule has 2 amide bonds. The predicted octanol–water partition coefficient (Wildman–Crippen LogP) is 3.44. The zero-order chi connectivity index (χ0) is 17.9. The molecule has 2 aliphatic rings. The van der Waals surface area contributed by atoms with Gasteiger partial charge in [-0.15, -0.1) is 11.3 Å². The Labute approximate surface area is 158 Å². The molecule has 2 fully saturated rings. The van der Waals surface area contributed by atoms with Gasteiger partial charge in [0.1, 0.15) is 0 Å². The molecule has 5 heteroatoms. The van der Waals surface area contributed by atoms with Gasteiger partial charge in [0.2, 0.25) is 5.91 Å². The summed E-state index contributed by atoms with van der Waals surface area (Å²) in [4.78, 5) is 30.8. The molecule has 0 bridgehead atoms. The van der Waals surface area contributed by atoms with Crippen LogP contribution in [-0.4, -0.2) is 47.3 Å². The highest BCUT2D eigenvalue weighted by atomic mass is 32.1. The number of thiophene rings is 1. The number of piperidine rings is 2. The number of carbonyl (C=O) groups excluding carboxylic acids is 2. The van der Waals surface area contributed by atoms with Gasteiger partial charge in [-0.3, -0.25) is 9.59 Å². The topological polar surface area (TPSA) is 40.6 Å². The number of likely N-dealkylation sites (tertiary alicyclic amines) is 2. The molecule has 2 aromatic rings. The number of nitrogens with zero attached hydrogens (tertiary/aromatic N) is 2. The number of hydrogen-bond donors (Lipinski definition) is 0. The van der Waals surface area contributed by atoms with Crippen molar-refractivity contribution in [3.05, 3.63) is 58.3 Å². The van der Waals surface area contributed by atoms with Gasteiger partial charge in [0.25, 0.3) is 5.91 Å². The fraction of sp³-hybridized carbons (Fsp3) is 0.429. The minimum Gasteiger partial charge on any atom is -0.342 e. The van der Waals surface area contributed by atoms with E-state index in [4.69, 9.17) is 0 Å². The lowest BCUT2D eigenvalue weighted by molar-refractivity contribution is -0.133. The first-order chi connectivity index (χ1) is 12.7. The third-order valence-corrected chi connectivity index (χ3v) is 6.48. The van der Waals surface area contributed by atoms with Gasteiger partial charge < -0.3 is 9.80 Å². The van der Waals surface area contributed by atoms with E-state index in [-0.39, 0.29) is 17.9 Å². The van der Waals surface area contributed by atoms with Crippen LogP contribution >= 0.6 is 11.3 Å². The number of rotatable bonds is 3. The summed E-state index contributed by atoms with van der Waals surface area (Å²) in [5.41, 5.74) is 0.768. The molecule has 2 atom stereocenters. The second-order valence-electron chi connectivity index (χ2n) is 7.22. The van der Waals surface area contributed by atoms with Crippen molar-refractivity contribution >= 4 is 23.2 Å².